The van der Waals surface area contributed by atoms with E-state index in [-0.39, 0.29) is 6.04 Å². The summed E-state index contributed by atoms with van der Waals surface area (Å²) in [5.41, 5.74) is 7.41. The molecule has 2 aromatic rings. The number of hydrogen-bond acceptors (Lipinski definition) is 3. The SMILES string of the molecule is CSc1ccc(C(N)Cc2ccc(Br)s2)cc1. The van der Waals surface area contributed by atoms with Crippen molar-refractivity contribution in [2.45, 2.75) is 17.4 Å². The molecule has 0 spiro atoms. The molecule has 0 saturated carbocycles. The van der Waals surface area contributed by atoms with Crippen molar-refractivity contribution in [3.8, 4) is 0 Å². The smallest absolute Gasteiger partial charge is 0.0701 e. The molecule has 1 nitrogen and oxygen atoms in total. The van der Waals surface area contributed by atoms with E-state index in [9.17, 15) is 0 Å². The Morgan fingerprint density at radius 1 is 1.24 bits per heavy atom. The van der Waals surface area contributed by atoms with Gasteiger partial charge in [0.2, 0.25) is 0 Å². The standard InChI is InChI=1S/C13H14BrNS2/c1-16-10-4-2-9(3-5-10)12(15)8-11-6-7-13(14)17-11/h2-7,12H,8,15H2,1H3. The normalized spacial score (nSPS) is 12.6. The van der Waals surface area contributed by atoms with Gasteiger partial charge in [-0.1, -0.05) is 12.1 Å². The third kappa shape index (κ3) is 3.58. The van der Waals surface area contributed by atoms with Gasteiger partial charge in [0.15, 0.2) is 0 Å². The molecule has 0 amide bonds. The van der Waals surface area contributed by atoms with Crippen molar-refractivity contribution in [2.75, 3.05) is 6.26 Å². The zero-order chi connectivity index (χ0) is 12.3. The maximum atomic E-state index is 6.21. The van der Waals surface area contributed by atoms with Crippen LogP contribution in [0.4, 0.5) is 0 Å². The summed E-state index contributed by atoms with van der Waals surface area (Å²) in [6.07, 6.45) is 2.98. The number of thioether (sulfide) groups is 1. The van der Waals surface area contributed by atoms with E-state index in [0.29, 0.717) is 0 Å². The Labute approximate surface area is 119 Å². The van der Waals surface area contributed by atoms with Gasteiger partial charge in [-0.3, -0.25) is 0 Å². The summed E-state index contributed by atoms with van der Waals surface area (Å²) < 4.78 is 1.16. The Kier molecular flexibility index (Phi) is 4.68. The van der Waals surface area contributed by atoms with E-state index in [2.05, 4.69) is 58.6 Å². The number of halogens is 1. The lowest BCUT2D eigenvalue weighted by atomic mass is 10.0. The lowest BCUT2D eigenvalue weighted by Gasteiger charge is -2.11. The van der Waals surface area contributed by atoms with Gasteiger partial charge in [-0.15, -0.1) is 23.1 Å². The van der Waals surface area contributed by atoms with Crippen LogP contribution in [0.25, 0.3) is 0 Å². The van der Waals surface area contributed by atoms with Gasteiger partial charge in [-0.05, 0) is 52.0 Å². The fraction of sp³-hybridized carbons (Fsp3) is 0.231. The van der Waals surface area contributed by atoms with Gasteiger partial charge in [0.1, 0.15) is 0 Å². The predicted octanol–water partition coefficient (Wildman–Crippen LogP) is 4.48. The molecule has 0 fully saturated rings. The molecule has 0 aliphatic heterocycles. The van der Waals surface area contributed by atoms with Crippen molar-refractivity contribution in [1.29, 1.82) is 0 Å². The topological polar surface area (TPSA) is 26.0 Å². The minimum atomic E-state index is 0.0801. The van der Waals surface area contributed by atoms with Crippen molar-refractivity contribution in [3.63, 3.8) is 0 Å². The molecule has 17 heavy (non-hydrogen) atoms. The summed E-state index contributed by atoms with van der Waals surface area (Å²) in [5, 5.41) is 0. The Morgan fingerprint density at radius 2 is 1.94 bits per heavy atom. The molecular formula is C13H14BrNS2. The minimum absolute atomic E-state index is 0.0801. The van der Waals surface area contributed by atoms with Crippen molar-refractivity contribution in [3.05, 3.63) is 50.6 Å². The van der Waals surface area contributed by atoms with E-state index in [1.807, 2.05) is 0 Å². The molecule has 0 bridgehead atoms. The van der Waals surface area contributed by atoms with Gasteiger partial charge < -0.3 is 5.73 Å². The first-order valence-electron chi connectivity index (χ1n) is 5.33. The van der Waals surface area contributed by atoms with Crippen molar-refractivity contribution in [1.82, 2.24) is 0 Å². The molecule has 1 unspecified atom stereocenters. The van der Waals surface area contributed by atoms with Crippen LogP contribution >= 0.6 is 39.0 Å². The molecule has 0 aliphatic rings. The van der Waals surface area contributed by atoms with E-state index < -0.39 is 0 Å². The van der Waals surface area contributed by atoms with Crippen LogP contribution in [0.5, 0.6) is 0 Å². The van der Waals surface area contributed by atoms with Crippen LogP contribution < -0.4 is 5.73 Å². The van der Waals surface area contributed by atoms with Crippen molar-refractivity contribution >= 4 is 39.0 Å². The van der Waals surface area contributed by atoms with Crippen molar-refractivity contribution < 1.29 is 0 Å². The summed E-state index contributed by atoms with van der Waals surface area (Å²) in [6.45, 7) is 0. The lowest BCUT2D eigenvalue weighted by Crippen LogP contribution is -2.12. The van der Waals surface area contributed by atoms with Gasteiger partial charge in [0, 0.05) is 22.2 Å². The fourth-order valence-corrected chi connectivity index (χ4v) is 3.60. The third-order valence-electron chi connectivity index (χ3n) is 2.59. The lowest BCUT2D eigenvalue weighted by molar-refractivity contribution is 0.729. The molecule has 0 radical (unpaired) electrons. The molecule has 1 heterocycles. The quantitative estimate of drug-likeness (QED) is 0.838. The monoisotopic (exact) mass is 327 g/mol. The summed E-state index contributed by atoms with van der Waals surface area (Å²) in [6, 6.07) is 12.8. The van der Waals surface area contributed by atoms with Crippen LogP contribution in [0.1, 0.15) is 16.5 Å². The minimum Gasteiger partial charge on any atom is -0.324 e. The molecule has 4 heteroatoms. The number of nitrogens with two attached hydrogens (primary N) is 1. The Morgan fingerprint density at radius 3 is 2.47 bits per heavy atom. The Hall–Kier alpha value is -0.290. The van der Waals surface area contributed by atoms with Gasteiger partial charge in [-0.2, -0.15) is 0 Å². The van der Waals surface area contributed by atoms with Gasteiger partial charge in [0.25, 0.3) is 0 Å². The van der Waals surface area contributed by atoms with E-state index in [4.69, 9.17) is 5.73 Å². The average molecular weight is 328 g/mol. The van der Waals surface area contributed by atoms with Crippen LogP contribution in [0.15, 0.2) is 45.1 Å². The van der Waals surface area contributed by atoms with Crippen LogP contribution in [-0.2, 0) is 6.42 Å². The van der Waals surface area contributed by atoms with Crippen LogP contribution in [-0.4, -0.2) is 6.26 Å². The van der Waals surface area contributed by atoms with Crippen molar-refractivity contribution in [2.24, 2.45) is 5.73 Å². The molecular weight excluding hydrogens is 314 g/mol. The maximum absolute atomic E-state index is 6.21. The second-order valence-electron chi connectivity index (χ2n) is 3.79. The van der Waals surface area contributed by atoms with E-state index in [1.165, 1.54) is 15.3 Å². The molecule has 0 aliphatic carbocycles. The molecule has 90 valence electrons. The number of rotatable bonds is 4. The zero-order valence-electron chi connectivity index (χ0n) is 9.52. The Bertz CT molecular complexity index is 478. The first kappa shape index (κ1) is 13.1. The van der Waals surface area contributed by atoms with Crippen LogP contribution in [0.3, 0.4) is 0 Å². The molecule has 1 atom stereocenters. The number of thiophene rings is 1. The highest BCUT2D eigenvalue weighted by Gasteiger charge is 2.08. The molecule has 2 rings (SSSR count). The van der Waals surface area contributed by atoms with Gasteiger partial charge in [0.05, 0.1) is 3.79 Å². The second-order valence-corrected chi connectivity index (χ2v) is 7.22. The first-order valence-corrected chi connectivity index (χ1v) is 8.16. The summed E-state index contributed by atoms with van der Waals surface area (Å²) in [5.74, 6) is 0. The van der Waals surface area contributed by atoms with E-state index >= 15 is 0 Å². The average Bonchev–Trinajstić information content (AvgIpc) is 2.75. The molecule has 1 aromatic heterocycles. The number of benzene rings is 1. The molecule has 1 aromatic carbocycles. The highest BCUT2D eigenvalue weighted by Crippen LogP contribution is 2.26. The fourth-order valence-electron chi connectivity index (χ4n) is 1.65. The van der Waals surface area contributed by atoms with Crippen LogP contribution in [0.2, 0.25) is 0 Å². The third-order valence-corrected chi connectivity index (χ3v) is 4.98. The van der Waals surface area contributed by atoms with Gasteiger partial charge in [-0.25, -0.2) is 0 Å². The summed E-state index contributed by atoms with van der Waals surface area (Å²) in [4.78, 5) is 2.60. The number of hydrogen-bond donors (Lipinski definition) is 1. The predicted molar refractivity (Wildman–Crippen MR) is 80.9 cm³/mol. The molecule has 0 saturated heterocycles. The van der Waals surface area contributed by atoms with Gasteiger partial charge >= 0.3 is 0 Å². The van der Waals surface area contributed by atoms with E-state index in [0.717, 1.165) is 10.2 Å². The highest BCUT2D eigenvalue weighted by molar-refractivity contribution is 9.11. The first-order chi connectivity index (χ1) is 8.19. The molecule has 2 N–H and O–H groups in total. The van der Waals surface area contributed by atoms with E-state index in [1.54, 1.807) is 23.1 Å². The highest BCUT2D eigenvalue weighted by atomic mass is 79.9. The second kappa shape index (κ2) is 6.05. The summed E-state index contributed by atoms with van der Waals surface area (Å²) in [7, 11) is 0. The largest absolute Gasteiger partial charge is 0.324 e. The van der Waals surface area contributed by atoms with Crippen LogP contribution in [0, 0.1) is 0 Å². The summed E-state index contributed by atoms with van der Waals surface area (Å²) >= 11 is 6.97. The maximum Gasteiger partial charge on any atom is 0.0701 e. The zero-order valence-corrected chi connectivity index (χ0v) is 12.7. The Balaban J connectivity index is 2.06.